The van der Waals surface area contributed by atoms with Crippen molar-refractivity contribution in [3.8, 4) is 0 Å². The SMILES string of the molecule is C=CCNC(=S)N/N=C(/C)c1ccccc1C. The van der Waals surface area contributed by atoms with Crippen LogP contribution in [0.15, 0.2) is 42.0 Å². The molecule has 0 fully saturated rings. The normalized spacial score (nSPS) is 10.8. The lowest BCUT2D eigenvalue weighted by molar-refractivity contribution is 0.936. The van der Waals surface area contributed by atoms with Crippen LogP contribution in [0.4, 0.5) is 0 Å². The third-order valence-corrected chi connectivity index (χ3v) is 2.50. The second-order valence-corrected chi connectivity index (χ2v) is 4.03. The summed E-state index contributed by atoms with van der Waals surface area (Å²) in [4.78, 5) is 0. The molecule has 1 aromatic carbocycles. The topological polar surface area (TPSA) is 36.4 Å². The number of aryl methyl sites for hydroxylation is 1. The van der Waals surface area contributed by atoms with Gasteiger partial charge in [-0.1, -0.05) is 30.3 Å². The van der Waals surface area contributed by atoms with Gasteiger partial charge in [-0.2, -0.15) is 5.10 Å². The molecule has 2 N–H and O–H groups in total. The number of benzene rings is 1. The fourth-order valence-electron chi connectivity index (χ4n) is 1.38. The Hall–Kier alpha value is -1.68. The lowest BCUT2D eigenvalue weighted by Crippen LogP contribution is -2.32. The summed E-state index contributed by atoms with van der Waals surface area (Å²) in [7, 11) is 0. The molecule has 0 aliphatic heterocycles. The van der Waals surface area contributed by atoms with Crippen LogP contribution in [0, 0.1) is 6.92 Å². The van der Waals surface area contributed by atoms with Crippen molar-refractivity contribution in [2.45, 2.75) is 13.8 Å². The van der Waals surface area contributed by atoms with E-state index in [-0.39, 0.29) is 0 Å². The van der Waals surface area contributed by atoms with E-state index < -0.39 is 0 Å². The summed E-state index contributed by atoms with van der Waals surface area (Å²) in [6, 6.07) is 8.10. The zero-order chi connectivity index (χ0) is 12.7. The van der Waals surface area contributed by atoms with Crippen LogP contribution in [-0.2, 0) is 0 Å². The van der Waals surface area contributed by atoms with Crippen molar-refractivity contribution in [2.75, 3.05) is 6.54 Å². The van der Waals surface area contributed by atoms with Gasteiger partial charge in [-0.15, -0.1) is 6.58 Å². The molecule has 0 aliphatic rings. The van der Waals surface area contributed by atoms with Crippen molar-refractivity contribution < 1.29 is 0 Å². The molecule has 0 amide bonds. The van der Waals surface area contributed by atoms with E-state index in [9.17, 15) is 0 Å². The first-order chi connectivity index (χ1) is 8.15. The van der Waals surface area contributed by atoms with Gasteiger partial charge in [0.15, 0.2) is 5.11 Å². The maximum Gasteiger partial charge on any atom is 0.187 e. The first-order valence-electron chi connectivity index (χ1n) is 5.40. The Balaban J connectivity index is 2.64. The second kappa shape index (κ2) is 6.81. The van der Waals surface area contributed by atoms with Gasteiger partial charge in [0.25, 0.3) is 0 Å². The first kappa shape index (κ1) is 13.4. The summed E-state index contributed by atoms with van der Waals surface area (Å²) in [5.74, 6) is 0. The molecule has 0 heterocycles. The van der Waals surface area contributed by atoms with Crippen LogP contribution in [0.1, 0.15) is 18.1 Å². The minimum absolute atomic E-state index is 0.498. The number of thiocarbonyl (C=S) groups is 1. The summed E-state index contributed by atoms with van der Waals surface area (Å²) in [6.07, 6.45) is 1.74. The Morgan fingerprint density at radius 3 is 2.82 bits per heavy atom. The number of nitrogens with zero attached hydrogens (tertiary/aromatic N) is 1. The zero-order valence-electron chi connectivity index (χ0n) is 10.2. The molecule has 17 heavy (non-hydrogen) atoms. The molecular weight excluding hydrogens is 230 g/mol. The van der Waals surface area contributed by atoms with Crippen LogP contribution < -0.4 is 10.7 Å². The van der Waals surface area contributed by atoms with Gasteiger partial charge < -0.3 is 5.32 Å². The van der Waals surface area contributed by atoms with E-state index in [1.54, 1.807) is 6.08 Å². The van der Waals surface area contributed by atoms with E-state index in [0.29, 0.717) is 11.7 Å². The molecule has 0 aliphatic carbocycles. The van der Waals surface area contributed by atoms with E-state index in [4.69, 9.17) is 12.2 Å². The molecular formula is C13H17N3S. The van der Waals surface area contributed by atoms with Crippen molar-refractivity contribution in [3.05, 3.63) is 48.0 Å². The fourth-order valence-corrected chi connectivity index (χ4v) is 1.51. The van der Waals surface area contributed by atoms with Gasteiger partial charge in [0.2, 0.25) is 0 Å². The smallest absolute Gasteiger partial charge is 0.187 e. The standard InChI is InChI=1S/C13H17N3S/c1-4-9-14-13(17)16-15-11(3)12-8-6-5-7-10(12)2/h4-8H,1,9H2,2-3H3,(H2,14,16,17)/b15-11-. The van der Waals surface area contributed by atoms with Gasteiger partial charge in [0, 0.05) is 12.1 Å². The predicted molar refractivity (Wildman–Crippen MR) is 77.3 cm³/mol. The number of hydrogen-bond donors (Lipinski definition) is 2. The summed E-state index contributed by atoms with van der Waals surface area (Å²) in [6.45, 7) is 8.24. The van der Waals surface area contributed by atoms with Gasteiger partial charge in [-0.05, 0) is 31.6 Å². The molecule has 0 spiro atoms. The van der Waals surface area contributed by atoms with Crippen LogP contribution >= 0.6 is 12.2 Å². The molecule has 0 saturated heterocycles. The van der Waals surface area contributed by atoms with E-state index >= 15 is 0 Å². The third kappa shape index (κ3) is 4.36. The van der Waals surface area contributed by atoms with Crippen LogP contribution in [0.25, 0.3) is 0 Å². The van der Waals surface area contributed by atoms with Crippen molar-refractivity contribution in [1.82, 2.24) is 10.7 Å². The molecule has 3 nitrogen and oxygen atoms in total. The van der Waals surface area contributed by atoms with Crippen LogP contribution in [0.5, 0.6) is 0 Å². The second-order valence-electron chi connectivity index (χ2n) is 3.62. The largest absolute Gasteiger partial charge is 0.358 e. The highest BCUT2D eigenvalue weighted by Gasteiger charge is 2.00. The molecule has 1 rings (SSSR count). The minimum Gasteiger partial charge on any atom is -0.358 e. The fraction of sp³-hybridized carbons (Fsp3) is 0.231. The average Bonchev–Trinajstić information content (AvgIpc) is 2.34. The highest BCUT2D eigenvalue weighted by Crippen LogP contribution is 2.07. The van der Waals surface area contributed by atoms with Gasteiger partial charge in [0.05, 0.1) is 5.71 Å². The van der Waals surface area contributed by atoms with Crippen LogP contribution in [0.3, 0.4) is 0 Å². The van der Waals surface area contributed by atoms with Gasteiger partial charge in [-0.3, -0.25) is 5.43 Å². The lowest BCUT2D eigenvalue weighted by Gasteiger charge is -2.07. The van der Waals surface area contributed by atoms with Crippen molar-refractivity contribution in [2.24, 2.45) is 5.10 Å². The highest BCUT2D eigenvalue weighted by atomic mass is 32.1. The molecule has 0 unspecified atom stereocenters. The molecule has 1 aromatic rings. The van der Waals surface area contributed by atoms with E-state index in [2.05, 4.69) is 35.4 Å². The minimum atomic E-state index is 0.498. The van der Waals surface area contributed by atoms with E-state index in [0.717, 1.165) is 11.3 Å². The summed E-state index contributed by atoms with van der Waals surface area (Å²) in [5.41, 5.74) is 6.02. The molecule has 90 valence electrons. The molecule has 0 atom stereocenters. The molecule has 0 aromatic heterocycles. The average molecular weight is 247 g/mol. The van der Waals surface area contributed by atoms with Crippen molar-refractivity contribution in [1.29, 1.82) is 0 Å². The van der Waals surface area contributed by atoms with Gasteiger partial charge in [0.1, 0.15) is 0 Å². The van der Waals surface area contributed by atoms with Gasteiger partial charge in [-0.25, -0.2) is 0 Å². The maximum absolute atomic E-state index is 5.04. The van der Waals surface area contributed by atoms with Crippen molar-refractivity contribution >= 4 is 23.0 Å². The monoisotopic (exact) mass is 247 g/mol. The van der Waals surface area contributed by atoms with E-state index in [1.165, 1.54) is 5.56 Å². The quantitative estimate of drug-likeness (QED) is 0.371. The number of hydrogen-bond acceptors (Lipinski definition) is 2. The molecule has 0 saturated carbocycles. The third-order valence-electron chi connectivity index (χ3n) is 2.27. The summed E-state index contributed by atoms with van der Waals surface area (Å²) >= 11 is 5.04. The number of nitrogens with one attached hydrogen (secondary N) is 2. The molecule has 4 heteroatoms. The number of hydrazone groups is 1. The molecule has 0 radical (unpaired) electrons. The van der Waals surface area contributed by atoms with Gasteiger partial charge >= 0.3 is 0 Å². The Bertz CT molecular complexity index is 438. The Labute approximate surface area is 108 Å². The highest BCUT2D eigenvalue weighted by molar-refractivity contribution is 7.80. The number of rotatable bonds is 4. The molecule has 0 bridgehead atoms. The van der Waals surface area contributed by atoms with Crippen LogP contribution in [0.2, 0.25) is 0 Å². The summed E-state index contributed by atoms with van der Waals surface area (Å²) in [5, 5.41) is 7.68. The zero-order valence-corrected chi connectivity index (χ0v) is 11.0. The first-order valence-corrected chi connectivity index (χ1v) is 5.81. The maximum atomic E-state index is 5.04. The Kier molecular flexibility index (Phi) is 5.36. The van der Waals surface area contributed by atoms with E-state index in [1.807, 2.05) is 25.1 Å². The van der Waals surface area contributed by atoms with Crippen molar-refractivity contribution in [3.63, 3.8) is 0 Å². The Morgan fingerprint density at radius 2 is 2.18 bits per heavy atom. The lowest BCUT2D eigenvalue weighted by atomic mass is 10.1. The van der Waals surface area contributed by atoms with Crippen LogP contribution in [-0.4, -0.2) is 17.4 Å². The Morgan fingerprint density at radius 1 is 1.47 bits per heavy atom. The predicted octanol–water partition coefficient (Wildman–Crippen LogP) is 2.37. The summed E-state index contributed by atoms with van der Waals surface area (Å²) < 4.78 is 0.